The van der Waals surface area contributed by atoms with Crippen molar-refractivity contribution in [2.24, 2.45) is 0 Å². The average molecular weight is 511 g/mol. The topological polar surface area (TPSA) is 79.7 Å². The van der Waals surface area contributed by atoms with Gasteiger partial charge in [-0.2, -0.15) is 0 Å². The molecule has 6 nitrogen and oxygen atoms in total. The molecular weight excluding hydrogens is 487 g/mol. The minimum Gasteiger partial charge on any atom is -0.507 e. The molecule has 0 bridgehead atoms. The number of halogens is 2. The Kier molecular flexibility index (Phi) is 7.15. The molecule has 1 fully saturated rings. The maximum Gasteiger partial charge on any atom is 0.295 e. The van der Waals surface area contributed by atoms with E-state index in [0.29, 0.717) is 21.9 Å². The molecule has 0 radical (unpaired) electrons. The third-order valence-corrected chi connectivity index (χ3v) is 6.25. The molecular formula is C27H24Cl2N2O4. The van der Waals surface area contributed by atoms with Gasteiger partial charge in [-0.15, -0.1) is 0 Å². The fourth-order valence-corrected chi connectivity index (χ4v) is 4.63. The molecule has 180 valence electrons. The Balaban J connectivity index is 1.86. The number of rotatable bonds is 6. The van der Waals surface area contributed by atoms with Gasteiger partial charge in [0.25, 0.3) is 11.7 Å². The van der Waals surface area contributed by atoms with E-state index in [1.165, 1.54) is 4.90 Å². The molecule has 1 aromatic heterocycles. The maximum absolute atomic E-state index is 13.3. The van der Waals surface area contributed by atoms with E-state index in [0.717, 1.165) is 11.1 Å². The van der Waals surface area contributed by atoms with Gasteiger partial charge in [0.05, 0.1) is 17.7 Å². The number of benzene rings is 2. The Hall–Kier alpha value is -3.35. The van der Waals surface area contributed by atoms with E-state index in [4.69, 9.17) is 27.9 Å². The summed E-state index contributed by atoms with van der Waals surface area (Å²) in [6, 6.07) is 12.6. The highest BCUT2D eigenvalue weighted by Crippen LogP contribution is 2.43. The number of carbonyl (C=O) groups is 2. The smallest absolute Gasteiger partial charge is 0.295 e. The quantitative estimate of drug-likeness (QED) is 0.246. The van der Waals surface area contributed by atoms with Crippen LogP contribution in [-0.2, 0) is 16.1 Å². The Morgan fingerprint density at radius 2 is 1.91 bits per heavy atom. The van der Waals surface area contributed by atoms with Crippen molar-refractivity contribution in [1.29, 1.82) is 0 Å². The number of pyridine rings is 1. The first kappa shape index (κ1) is 24.8. The van der Waals surface area contributed by atoms with E-state index in [-0.39, 0.29) is 29.0 Å². The highest BCUT2D eigenvalue weighted by atomic mass is 35.5. The van der Waals surface area contributed by atoms with Crippen molar-refractivity contribution in [3.05, 3.63) is 98.8 Å². The van der Waals surface area contributed by atoms with Crippen molar-refractivity contribution >= 4 is 40.7 Å². The maximum atomic E-state index is 13.3. The summed E-state index contributed by atoms with van der Waals surface area (Å²) in [7, 11) is 0. The molecule has 1 N–H and O–H groups in total. The SMILES string of the molecule is Cc1cc(C(O)=C2C(=O)C(=O)N(Cc3cccnc3)[C@H]2c2ccc(Cl)cc2Cl)ccc1OC(C)C. The summed E-state index contributed by atoms with van der Waals surface area (Å²) in [5.74, 6) is -1.14. The van der Waals surface area contributed by atoms with E-state index in [9.17, 15) is 14.7 Å². The fraction of sp³-hybridized carbons (Fsp3) is 0.222. The number of nitrogens with zero attached hydrogens (tertiary/aromatic N) is 2. The molecule has 0 aliphatic carbocycles. The van der Waals surface area contributed by atoms with E-state index in [1.807, 2.05) is 26.8 Å². The number of hydrogen-bond donors (Lipinski definition) is 1. The van der Waals surface area contributed by atoms with Gasteiger partial charge < -0.3 is 14.7 Å². The summed E-state index contributed by atoms with van der Waals surface area (Å²) in [4.78, 5) is 31.9. The zero-order chi connectivity index (χ0) is 25.3. The third kappa shape index (κ3) is 5.04. The van der Waals surface area contributed by atoms with Crippen LogP contribution >= 0.6 is 23.2 Å². The molecule has 1 aliphatic heterocycles. The molecule has 1 aliphatic rings. The Labute approximate surface area is 213 Å². The lowest BCUT2D eigenvalue weighted by Crippen LogP contribution is -2.29. The largest absolute Gasteiger partial charge is 0.507 e. The summed E-state index contributed by atoms with van der Waals surface area (Å²) < 4.78 is 5.78. The number of aliphatic hydroxyl groups excluding tert-OH is 1. The van der Waals surface area contributed by atoms with E-state index >= 15 is 0 Å². The van der Waals surface area contributed by atoms with Crippen LogP contribution < -0.4 is 4.74 Å². The van der Waals surface area contributed by atoms with Gasteiger partial charge in [0.1, 0.15) is 11.5 Å². The van der Waals surface area contributed by atoms with Crippen LogP contribution in [0, 0.1) is 6.92 Å². The number of likely N-dealkylation sites (tertiary alicyclic amines) is 1. The first-order valence-corrected chi connectivity index (χ1v) is 11.8. The number of aryl methyl sites for hydroxylation is 1. The van der Waals surface area contributed by atoms with Crippen molar-refractivity contribution in [1.82, 2.24) is 9.88 Å². The lowest BCUT2D eigenvalue weighted by Gasteiger charge is -2.26. The fourth-order valence-electron chi connectivity index (χ4n) is 4.12. The molecule has 1 saturated heterocycles. The molecule has 0 spiro atoms. The Morgan fingerprint density at radius 1 is 1.14 bits per heavy atom. The van der Waals surface area contributed by atoms with Gasteiger partial charge in [0, 0.05) is 34.5 Å². The van der Waals surface area contributed by atoms with Gasteiger partial charge in [-0.1, -0.05) is 35.3 Å². The molecule has 0 saturated carbocycles. The molecule has 4 rings (SSSR count). The first-order valence-electron chi connectivity index (χ1n) is 11.1. The summed E-state index contributed by atoms with van der Waals surface area (Å²) in [6.45, 7) is 5.81. The lowest BCUT2D eigenvalue weighted by atomic mass is 9.94. The van der Waals surface area contributed by atoms with Crippen LogP contribution in [0.1, 0.15) is 42.1 Å². The van der Waals surface area contributed by atoms with E-state index in [1.54, 1.807) is 54.9 Å². The number of hydrogen-bond acceptors (Lipinski definition) is 5. The van der Waals surface area contributed by atoms with Gasteiger partial charge in [0.2, 0.25) is 0 Å². The van der Waals surface area contributed by atoms with Crippen LogP contribution in [0.2, 0.25) is 10.0 Å². The summed E-state index contributed by atoms with van der Waals surface area (Å²) >= 11 is 12.6. The first-order chi connectivity index (χ1) is 16.7. The number of carbonyl (C=O) groups excluding carboxylic acids is 2. The monoisotopic (exact) mass is 510 g/mol. The Morgan fingerprint density at radius 3 is 2.54 bits per heavy atom. The number of aliphatic hydroxyl groups is 1. The molecule has 0 unspecified atom stereocenters. The number of amides is 1. The second-order valence-electron chi connectivity index (χ2n) is 8.60. The minimum absolute atomic E-state index is 0.0157. The predicted molar refractivity (Wildman–Crippen MR) is 135 cm³/mol. The van der Waals surface area contributed by atoms with Gasteiger partial charge in [-0.05, 0) is 73.9 Å². The summed E-state index contributed by atoms with van der Waals surface area (Å²) in [6.07, 6.45) is 3.23. The summed E-state index contributed by atoms with van der Waals surface area (Å²) in [5, 5.41) is 12.0. The Bertz CT molecular complexity index is 1320. The van der Waals surface area contributed by atoms with E-state index < -0.39 is 17.7 Å². The molecule has 1 amide bonds. The van der Waals surface area contributed by atoms with Crippen LogP contribution in [0.15, 0.2) is 66.5 Å². The zero-order valence-corrected chi connectivity index (χ0v) is 21.0. The number of aromatic nitrogens is 1. The molecule has 35 heavy (non-hydrogen) atoms. The zero-order valence-electron chi connectivity index (χ0n) is 19.5. The van der Waals surface area contributed by atoms with Crippen molar-refractivity contribution in [2.75, 3.05) is 0 Å². The van der Waals surface area contributed by atoms with Crippen LogP contribution in [0.25, 0.3) is 5.76 Å². The number of ketones is 1. The highest BCUT2D eigenvalue weighted by Gasteiger charge is 2.46. The van der Waals surface area contributed by atoms with Crippen LogP contribution in [0.4, 0.5) is 0 Å². The van der Waals surface area contributed by atoms with Crippen LogP contribution in [0.3, 0.4) is 0 Å². The number of ether oxygens (including phenoxy) is 1. The molecule has 3 aromatic rings. The normalized spacial score (nSPS) is 17.3. The average Bonchev–Trinajstić information content (AvgIpc) is 3.05. The number of Topliss-reactive ketones (excluding diaryl/α,β-unsaturated/α-hetero) is 1. The van der Waals surface area contributed by atoms with Gasteiger partial charge in [-0.3, -0.25) is 14.6 Å². The predicted octanol–water partition coefficient (Wildman–Crippen LogP) is 6.11. The molecule has 2 heterocycles. The third-order valence-electron chi connectivity index (χ3n) is 5.68. The summed E-state index contributed by atoms with van der Waals surface area (Å²) in [5.41, 5.74) is 2.36. The van der Waals surface area contributed by atoms with Crippen molar-refractivity contribution in [3.63, 3.8) is 0 Å². The molecule has 8 heteroatoms. The minimum atomic E-state index is -0.910. The van der Waals surface area contributed by atoms with Crippen LogP contribution in [0.5, 0.6) is 5.75 Å². The lowest BCUT2D eigenvalue weighted by molar-refractivity contribution is -0.140. The van der Waals surface area contributed by atoms with Crippen LogP contribution in [-0.4, -0.2) is 32.8 Å². The standard InChI is InChI=1S/C27H24Cl2N2O4/c1-15(2)35-22-9-6-18(11-16(22)3)25(32)23-24(20-8-7-19(28)12-21(20)29)31(27(34)26(23)33)14-17-5-4-10-30-13-17/h4-13,15,24,32H,14H2,1-3H3/t24-/m0/s1. The van der Waals surface area contributed by atoms with Crippen molar-refractivity contribution in [2.45, 2.75) is 39.5 Å². The second kappa shape index (κ2) is 10.1. The van der Waals surface area contributed by atoms with E-state index in [2.05, 4.69) is 4.98 Å². The van der Waals surface area contributed by atoms with Gasteiger partial charge in [0.15, 0.2) is 0 Å². The highest BCUT2D eigenvalue weighted by molar-refractivity contribution is 6.47. The van der Waals surface area contributed by atoms with Crippen molar-refractivity contribution in [3.8, 4) is 5.75 Å². The van der Waals surface area contributed by atoms with Crippen molar-refractivity contribution < 1.29 is 19.4 Å². The molecule has 2 aromatic carbocycles. The molecule has 1 atom stereocenters. The van der Waals surface area contributed by atoms with Gasteiger partial charge in [-0.25, -0.2) is 0 Å². The second-order valence-corrected chi connectivity index (χ2v) is 9.44. The van der Waals surface area contributed by atoms with Gasteiger partial charge >= 0.3 is 0 Å².